The lowest BCUT2D eigenvalue weighted by Crippen LogP contribution is -2.30. The molecule has 5 rings (SSSR count). The van der Waals surface area contributed by atoms with Crippen LogP contribution in [0.15, 0.2) is 36.7 Å². The van der Waals surface area contributed by atoms with Gasteiger partial charge in [-0.1, -0.05) is 5.21 Å². The summed E-state index contributed by atoms with van der Waals surface area (Å²) < 4.78 is 24.0. The van der Waals surface area contributed by atoms with Crippen LogP contribution in [-0.4, -0.2) is 42.5 Å². The maximum absolute atomic E-state index is 14.3. The van der Waals surface area contributed by atoms with Crippen molar-refractivity contribution in [3.63, 3.8) is 0 Å². The van der Waals surface area contributed by atoms with Crippen LogP contribution in [0.1, 0.15) is 49.0 Å². The van der Waals surface area contributed by atoms with Gasteiger partial charge in [0, 0.05) is 17.8 Å². The zero-order valence-corrected chi connectivity index (χ0v) is 19.6. The molecule has 1 fully saturated rings. The molecule has 4 aromatic heterocycles. The van der Waals surface area contributed by atoms with Crippen LogP contribution >= 0.6 is 12.4 Å². The maximum Gasteiger partial charge on any atom is 0.201 e. The third kappa shape index (κ3) is 4.20. The summed E-state index contributed by atoms with van der Waals surface area (Å²) in [5.41, 5.74) is 3.47. The molecular formula is C23H24ClFN8O. The van der Waals surface area contributed by atoms with Crippen molar-refractivity contribution in [2.75, 3.05) is 13.1 Å². The number of hydrogen-bond donors (Lipinski definition) is 1. The van der Waals surface area contributed by atoms with Crippen molar-refractivity contribution in [3.05, 3.63) is 59.6 Å². The fourth-order valence-electron chi connectivity index (χ4n) is 4.32. The standard InChI is InChI=1S/C23H23FN8O.ClH/c1-14-22(29-30-32(14)17-5-8-26-9-6-17)16-10-20-28-13-18(12-25)31(20)21(11-16)33-15(2)23-19(24)4-3-7-27-23;/h3-4,7,10-11,13,15,17,26H,5-6,8-9H2,1-2H3;1H/t15-;/m1./s1. The van der Waals surface area contributed by atoms with Crippen molar-refractivity contribution in [2.45, 2.75) is 38.8 Å². The molecule has 176 valence electrons. The van der Waals surface area contributed by atoms with Crippen molar-refractivity contribution >= 4 is 18.1 Å². The van der Waals surface area contributed by atoms with Crippen LogP contribution < -0.4 is 10.1 Å². The van der Waals surface area contributed by atoms with Crippen molar-refractivity contribution in [2.24, 2.45) is 0 Å². The molecule has 9 nitrogen and oxygen atoms in total. The Hall–Kier alpha value is -3.55. The average Bonchev–Trinajstić information content (AvgIpc) is 3.43. The van der Waals surface area contributed by atoms with Gasteiger partial charge in [0.25, 0.3) is 0 Å². The largest absolute Gasteiger partial charge is 0.469 e. The number of ether oxygens (including phenoxy) is 1. The van der Waals surface area contributed by atoms with Gasteiger partial charge in [0.05, 0.1) is 17.9 Å². The third-order valence-electron chi connectivity index (χ3n) is 6.01. The number of fused-ring (bicyclic) bond motifs is 1. The number of nitrogens with zero attached hydrogens (tertiary/aromatic N) is 7. The number of nitriles is 1. The van der Waals surface area contributed by atoms with Crippen LogP contribution in [0.3, 0.4) is 0 Å². The molecule has 5 heterocycles. The molecule has 1 saturated heterocycles. The molecule has 1 aliphatic rings. The second-order valence-electron chi connectivity index (χ2n) is 8.11. The Kier molecular flexibility index (Phi) is 6.77. The Morgan fingerprint density at radius 1 is 1.26 bits per heavy atom. The molecule has 0 bridgehead atoms. The van der Waals surface area contributed by atoms with E-state index in [1.807, 2.05) is 17.7 Å². The lowest BCUT2D eigenvalue weighted by atomic mass is 10.1. The van der Waals surface area contributed by atoms with Gasteiger partial charge < -0.3 is 10.1 Å². The molecule has 0 spiro atoms. The molecule has 1 N–H and O–H groups in total. The minimum atomic E-state index is -0.690. The highest BCUT2D eigenvalue weighted by Crippen LogP contribution is 2.32. The van der Waals surface area contributed by atoms with E-state index in [1.165, 1.54) is 24.5 Å². The molecule has 1 atom stereocenters. The summed E-state index contributed by atoms with van der Waals surface area (Å²) in [6.07, 6.45) is 4.30. The normalized spacial score (nSPS) is 15.0. The van der Waals surface area contributed by atoms with E-state index < -0.39 is 11.9 Å². The monoisotopic (exact) mass is 482 g/mol. The topological polar surface area (TPSA) is 106 Å². The summed E-state index contributed by atoms with van der Waals surface area (Å²) in [5.74, 6) is -0.103. The lowest BCUT2D eigenvalue weighted by molar-refractivity contribution is 0.204. The molecule has 0 saturated carbocycles. The Morgan fingerprint density at radius 3 is 2.79 bits per heavy atom. The zero-order valence-electron chi connectivity index (χ0n) is 18.8. The van der Waals surface area contributed by atoms with Gasteiger partial charge in [-0.25, -0.2) is 14.1 Å². The molecule has 0 aromatic carbocycles. The molecule has 11 heteroatoms. The molecule has 0 radical (unpaired) electrons. The predicted octanol–water partition coefficient (Wildman–Crippen LogP) is 3.79. The Morgan fingerprint density at radius 2 is 2.06 bits per heavy atom. The number of piperidine rings is 1. The summed E-state index contributed by atoms with van der Waals surface area (Å²) in [6.45, 7) is 5.62. The molecule has 0 unspecified atom stereocenters. The molecule has 34 heavy (non-hydrogen) atoms. The van der Waals surface area contributed by atoms with Crippen molar-refractivity contribution in [1.82, 2.24) is 34.7 Å². The third-order valence-corrected chi connectivity index (χ3v) is 6.01. The number of nitrogens with one attached hydrogen (secondary N) is 1. The predicted molar refractivity (Wildman–Crippen MR) is 125 cm³/mol. The summed E-state index contributed by atoms with van der Waals surface area (Å²) in [5, 5.41) is 21.8. The summed E-state index contributed by atoms with van der Waals surface area (Å²) >= 11 is 0. The van der Waals surface area contributed by atoms with Gasteiger partial charge >= 0.3 is 0 Å². The van der Waals surface area contributed by atoms with Crippen molar-refractivity contribution < 1.29 is 9.13 Å². The maximum atomic E-state index is 14.3. The van der Waals surface area contributed by atoms with E-state index in [-0.39, 0.29) is 18.1 Å². The first kappa shape index (κ1) is 23.6. The first-order valence-corrected chi connectivity index (χ1v) is 10.9. The van der Waals surface area contributed by atoms with Gasteiger partial charge in [0.15, 0.2) is 0 Å². The average molecular weight is 483 g/mol. The van der Waals surface area contributed by atoms with Crippen LogP contribution in [-0.2, 0) is 0 Å². The smallest absolute Gasteiger partial charge is 0.201 e. The van der Waals surface area contributed by atoms with E-state index in [2.05, 4.69) is 31.7 Å². The van der Waals surface area contributed by atoms with E-state index in [0.717, 1.165) is 42.9 Å². The molecular weight excluding hydrogens is 459 g/mol. The van der Waals surface area contributed by atoms with Crippen molar-refractivity contribution in [1.29, 1.82) is 5.26 Å². The number of imidazole rings is 1. The van der Waals surface area contributed by atoms with E-state index >= 15 is 0 Å². The highest BCUT2D eigenvalue weighted by atomic mass is 35.5. The second kappa shape index (κ2) is 9.75. The number of halogens is 2. The van der Waals surface area contributed by atoms with Gasteiger partial charge in [0.2, 0.25) is 5.88 Å². The van der Waals surface area contributed by atoms with E-state index in [1.54, 1.807) is 17.4 Å². The lowest BCUT2D eigenvalue weighted by Gasteiger charge is -2.23. The summed E-state index contributed by atoms with van der Waals surface area (Å²) in [4.78, 5) is 8.48. The number of pyridine rings is 2. The van der Waals surface area contributed by atoms with E-state index in [4.69, 9.17) is 4.74 Å². The molecule has 0 amide bonds. The highest BCUT2D eigenvalue weighted by Gasteiger charge is 2.23. The first-order valence-electron chi connectivity index (χ1n) is 10.9. The van der Waals surface area contributed by atoms with Gasteiger partial charge in [0.1, 0.15) is 40.7 Å². The fraction of sp³-hybridized carbons (Fsp3) is 0.348. The SMILES string of the molecule is Cc1c(-c2cc(O[C@H](C)c3ncccc3F)n3c(C#N)cnc3c2)nnn1C1CCNCC1.Cl. The number of hydrogen-bond acceptors (Lipinski definition) is 7. The number of aromatic nitrogens is 6. The Balaban J connectivity index is 0.00000274. The molecule has 4 aromatic rings. The van der Waals surface area contributed by atoms with Crippen LogP contribution in [0, 0.1) is 24.1 Å². The minimum Gasteiger partial charge on any atom is -0.469 e. The quantitative estimate of drug-likeness (QED) is 0.461. The van der Waals surface area contributed by atoms with Gasteiger partial charge in [-0.05, 0) is 58.0 Å². The van der Waals surface area contributed by atoms with Crippen molar-refractivity contribution in [3.8, 4) is 23.2 Å². The first-order chi connectivity index (χ1) is 16.1. The Labute approximate surface area is 202 Å². The van der Waals surface area contributed by atoms with Gasteiger partial charge in [-0.15, -0.1) is 17.5 Å². The Bertz CT molecular complexity index is 1360. The highest BCUT2D eigenvalue weighted by molar-refractivity contribution is 5.85. The van der Waals surface area contributed by atoms with Crippen LogP contribution in [0.25, 0.3) is 16.9 Å². The molecule has 0 aliphatic carbocycles. The van der Waals surface area contributed by atoms with Crippen LogP contribution in [0.5, 0.6) is 5.88 Å². The summed E-state index contributed by atoms with van der Waals surface area (Å²) in [7, 11) is 0. The second-order valence-corrected chi connectivity index (χ2v) is 8.11. The molecule has 1 aliphatic heterocycles. The number of rotatable bonds is 5. The zero-order chi connectivity index (χ0) is 22.9. The van der Waals surface area contributed by atoms with Crippen LogP contribution in [0.2, 0.25) is 0 Å². The summed E-state index contributed by atoms with van der Waals surface area (Å²) in [6, 6.07) is 8.94. The van der Waals surface area contributed by atoms with Crippen LogP contribution in [0.4, 0.5) is 4.39 Å². The van der Waals surface area contributed by atoms with Gasteiger partial charge in [-0.2, -0.15) is 5.26 Å². The van der Waals surface area contributed by atoms with E-state index in [0.29, 0.717) is 23.3 Å². The van der Waals surface area contributed by atoms with Gasteiger partial charge in [-0.3, -0.25) is 9.38 Å². The van der Waals surface area contributed by atoms with E-state index in [9.17, 15) is 9.65 Å². The fourth-order valence-corrected chi connectivity index (χ4v) is 4.32. The minimum absolute atomic E-state index is 0.